The molecule has 4 rings (SSSR count). The van der Waals surface area contributed by atoms with Gasteiger partial charge in [0.15, 0.2) is 23.8 Å². The summed E-state index contributed by atoms with van der Waals surface area (Å²) >= 11 is 0. The Labute approximate surface area is 132 Å². The quantitative estimate of drug-likeness (QED) is 0.911. The normalized spacial score (nSPS) is 26.6. The summed E-state index contributed by atoms with van der Waals surface area (Å²) in [4.78, 5) is 19.8. The second-order valence-corrected chi connectivity index (χ2v) is 5.99. The van der Waals surface area contributed by atoms with Crippen LogP contribution in [0.4, 0.5) is 14.6 Å². The van der Waals surface area contributed by atoms with Crippen LogP contribution >= 0.6 is 0 Å². The van der Waals surface area contributed by atoms with Crippen molar-refractivity contribution in [3.05, 3.63) is 59.8 Å². The minimum Gasteiger partial charge on any atom is -0.301 e. The molecule has 0 bridgehead atoms. The maximum Gasteiger partial charge on any atom is 0.291 e. The van der Waals surface area contributed by atoms with Gasteiger partial charge in [-0.15, -0.1) is 0 Å². The predicted molar refractivity (Wildman–Crippen MR) is 79.7 cm³/mol. The Bertz CT molecular complexity index is 753. The second-order valence-electron chi connectivity index (χ2n) is 5.99. The fourth-order valence-corrected chi connectivity index (χ4v) is 3.73. The summed E-state index contributed by atoms with van der Waals surface area (Å²) in [7, 11) is 0. The molecule has 0 radical (unpaired) electrons. The third kappa shape index (κ3) is 2.21. The van der Waals surface area contributed by atoms with Gasteiger partial charge in [-0.3, -0.25) is 4.79 Å². The molecule has 4 nitrogen and oxygen atoms in total. The Kier molecular flexibility index (Phi) is 3.34. The summed E-state index contributed by atoms with van der Waals surface area (Å²) in [5, 5.41) is 0. The highest BCUT2D eigenvalue weighted by atomic mass is 19.2. The van der Waals surface area contributed by atoms with E-state index < -0.39 is 11.6 Å². The van der Waals surface area contributed by atoms with E-state index in [2.05, 4.69) is 4.98 Å². The van der Waals surface area contributed by atoms with Crippen LogP contribution in [0.15, 0.2) is 42.6 Å². The van der Waals surface area contributed by atoms with Gasteiger partial charge in [0.25, 0.3) is 5.91 Å². The number of rotatable bonds is 2. The van der Waals surface area contributed by atoms with Crippen molar-refractivity contribution >= 4 is 11.7 Å². The fourth-order valence-electron chi connectivity index (χ4n) is 3.73. The monoisotopic (exact) mass is 316 g/mol. The Balaban J connectivity index is 1.82. The van der Waals surface area contributed by atoms with Gasteiger partial charge in [0.05, 0.1) is 6.54 Å². The first-order chi connectivity index (χ1) is 11.2. The molecule has 0 spiro atoms. The molecule has 2 fully saturated rings. The minimum absolute atomic E-state index is 0.00549. The predicted octanol–water partition coefficient (Wildman–Crippen LogP) is 1.45. The van der Waals surface area contributed by atoms with E-state index in [-0.39, 0.29) is 18.1 Å². The number of benzene rings is 1. The molecular formula is C17H16F2N3O+. The van der Waals surface area contributed by atoms with E-state index >= 15 is 0 Å². The van der Waals surface area contributed by atoms with Crippen LogP contribution < -0.4 is 9.80 Å². The van der Waals surface area contributed by atoms with Crippen LogP contribution in [0.5, 0.6) is 0 Å². The zero-order valence-corrected chi connectivity index (χ0v) is 12.4. The smallest absolute Gasteiger partial charge is 0.291 e. The number of pyridine rings is 1. The maximum absolute atomic E-state index is 13.7. The van der Waals surface area contributed by atoms with Gasteiger partial charge in [-0.1, -0.05) is 6.07 Å². The van der Waals surface area contributed by atoms with Gasteiger partial charge in [-0.05, 0) is 30.3 Å². The molecule has 3 atom stereocenters. The van der Waals surface area contributed by atoms with E-state index in [9.17, 15) is 13.6 Å². The van der Waals surface area contributed by atoms with Crippen molar-refractivity contribution < 1.29 is 18.5 Å². The lowest BCUT2D eigenvalue weighted by Gasteiger charge is -2.25. The Morgan fingerprint density at radius 2 is 2.04 bits per heavy atom. The number of nitrogens with zero attached hydrogens (tertiary/aromatic N) is 2. The zero-order chi connectivity index (χ0) is 16.0. The molecule has 23 heavy (non-hydrogen) atoms. The zero-order valence-electron chi connectivity index (χ0n) is 12.4. The topological polar surface area (TPSA) is 37.6 Å². The second kappa shape index (κ2) is 5.38. The SMILES string of the molecule is O=C1C2CCC[NH+]2C(c2ccc(F)c(F)c2)N1c1ccccn1. The van der Waals surface area contributed by atoms with Gasteiger partial charge in [0.1, 0.15) is 5.82 Å². The molecule has 1 N–H and O–H groups in total. The van der Waals surface area contributed by atoms with Crippen LogP contribution in [0, 0.1) is 11.6 Å². The number of carbonyl (C=O) groups is 1. The maximum atomic E-state index is 13.7. The van der Waals surface area contributed by atoms with Crippen molar-refractivity contribution in [2.24, 2.45) is 0 Å². The van der Waals surface area contributed by atoms with Gasteiger partial charge in [0, 0.05) is 24.6 Å². The summed E-state index contributed by atoms with van der Waals surface area (Å²) in [6.45, 7) is 0.837. The van der Waals surface area contributed by atoms with Crippen LogP contribution in [0.1, 0.15) is 24.6 Å². The Morgan fingerprint density at radius 3 is 2.78 bits per heavy atom. The molecule has 1 amide bonds. The van der Waals surface area contributed by atoms with Crippen LogP contribution in [0.25, 0.3) is 0 Å². The molecule has 3 unspecified atom stereocenters. The van der Waals surface area contributed by atoms with E-state index in [4.69, 9.17) is 0 Å². The molecule has 118 valence electrons. The lowest BCUT2D eigenvalue weighted by atomic mass is 10.1. The molecule has 1 aromatic heterocycles. The number of halogens is 2. The first kappa shape index (κ1) is 14.3. The first-order valence-corrected chi connectivity index (χ1v) is 7.71. The average Bonchev–Trinajstić information content (AvgIpc) is 3.13. The molecule has 2 saturated heterocycles. The molecular weight excluding hydrogens is 300 g/mol. The number of carbonyl (C=O) groups excluding carboxylic acids is 1. The summed E-state index contributed by atoms with van der Waals surface area (Å²) in [6, 6.07) is 9.11. The van der Waals surface area contributed by atoms with Crippen LogP contribution in [0.3, 0.4) is 0 Å². The van der Waals surface area contributed by atoms with Gasteiger partial charge in [-0.25, -0.2) is 18.7 Å². The largest absolute Gasteiger partial charge is 0.301 e. The highest BCUT2D eigenvalue weighted by Crippen LogP contribution is 2.30. The van der Waals surface area contributed by atoms with Gasteiger partial charge in [0.2, 0.25) is 0 Å². The van der Waals surface area contributed by atoms with E-state index in [1.165, 1.54) is 6.07 Å². The Morgan fingerprint density at radius 1 is 1.17 bits per heavy atom. The lowest BCUT2D eigenvalue weighted by Crippen LogP contribution is -3.12. The molecule has 3 heterocycles. The third-order valence-electron chi connectivity index (χ3n) is 4.71. The number of amides is 1. The highest BCUT2D eigenvalue weighted by molar-refractivity contribution is 5.97. The van der Waals surface area contributed by atoms with Gasteiger partial charge >= 0.3 is 0 Å². The number of anilines is 1. The Hall–Kier alpha value is -2.34. The number of fused-ring (bicyclic) bond motifs is 1. The fraction of sp³-hybridized carbons (Fsp3) is 0.294. The summed E-state index contributed by atoms with van der Waals surface area (Å²) in [5.74, 6) is -1.21. The molecule has 1 aromatic carbocycles. The van der Waals surface area contributed by atoms with Crippen molar-refractivity contribution in [2.45, 2.75) is 25.0 Å². The first-order valence-electron chi connectivity index (χ1n) is 7.71. The van der Waals surface area contributed by atoms with Crippen LogP contribution in [-0.4, -0.2) is 23.5 Å². The van der Waals surface area contributed by atoms with Crippen molar-refractivity contribution in [3.63, 3.8) is 0 Å². The standard InChI is InChI=1S/C17H15F2N3O/c18-12-7-6-11(10-13(12)19)16-21-9-3-4-14(21)17(23)22(16)15-5-1-2-8-20-15/h1-2,5-8,10,14,16H,3-4,9H2/p+1. The molecule has 0 aliphatic carbocycles. The number of quaternary nitrogens is 1. The van der Waals surface area contributed by atoms with Gasteiger partial charge in [-0.2, -0.15) is 0 Å². The summed E-state index contributed by atoms with van der Waals surface area (Å²) < 4.78 is 27.0. The number of hydrogen-bond acceptors (Lipinski definition) is 2. The average molecular weight is 316 g/mol. The van der Waals surface area contributed by atoms with Crippen molar-refractivity contribution in [1.82, 2.24) is 4.98 Å². The summed E-state index contributed by atoms with van der Waals surface area (Å²) in [6.07, 6.45) is 3.04. The van der Waals surface area contributed by atoms with Crippen LogP contribution in [0.2, 0.25) is 0 Å². The van der Waals surface area contributed by atoms with Crippen molar-refractivity contribution in [3.8, 4) is 0 Å². The molecule has 2 aliphatic rings. The third-order valence-corrected chi connectivity index (χ3v) is 4.71. The van der Waals surface area contributed by atoms with Crippen molar-refractivity contribution in [2.75, 3.05) is 11.4 Å². The minimum atomic E-state index is -0.891. The number of hydrogen-bond donors (Lipinski definition) is 1. The molecule has 2 aromatic rings. The summed E-state index contributed by atoms with van der Waals surface area (Å²) in [5.41, 5.74) is 0.599. The highest BCUT2D eigenvalue weighted by Gasteiger charge is 2.54. The molecule has 2 aliphatic heterocycles. The number of nitrogens with one attached hydrogen (secondary N) is 1. The molecule has 6 heteroatoms. The lowest BCUT2D eigenvalue weighted by molar-refractivity contribution is -0.924. The van der Waals surface area contributed by atoms with E-state index in [1.807, 2.05) is 6.07 Å². The van der Waals surface area contributed by atoms with Crippen molar-refractivity contribution in [1.29, 1.82) is 0 Å². The van der Waals surface area contributed by atoms with E-state index in [0.29, 0.717) is 11.4 Å². The van der Waals surface area contributed by atoms with E-state index in [0.717, 1.165) is 30.4 Å². The molecule has 0 saturated carbocycles. The number of aromatic nitrogens is 1. The van der Waals surface area contributed by atoms with Gasteiger partial charge < -0.3 is 4.90 Å². The van der Waals surface area contributed by atoms with Crippen LogP contribution in [-0.2, 0) is 4.79 Å². The van der Waals surface area contributed by atoms with E-state index in [1.54, 1.807) is 29.3 Å².